The summed E-state index contributed by atoms with van der Waals surface area (Å²) in [4.78, 5) is 2.55. The molecule has 3 aliphatic rings. The highest BCUT2D eigenvalue weighted by molar-refractivity contribution is 7.26. The zero-order valence-corrected chi connectivity index (χ0v) is 39.0. The minimum absolute atomic E-state index is 0.517. The molecule has 0 amide bonds. The fraction of sp³-hybridized carbons (Fsp3) is 0.0294. The number of nitrogens with zero attached hydrogens (tertiary/aromatic N) is 1. The van der Waals surface area contributed by atoms with Gasteiger partial charge < -0.3 is 4.90 Å². The fourth-order valence-electron chi connectivity index (χ4n) is 13.0. The first-order chi connectivity index (χ1) is 34.7. The molecule has 3 aliphatic carbocycles. The van der Waals surface area contributed by atoms with Crippen molar-refractivity contribution in [2.45, 2.75) is 10.8 Å². The molecule has 11 aromatic carbocycles. The molecule has 0 aliphatic heterocycles. The van der Waals surface area contributed by atoms with Crippen LogP contribution in [0, 0.1) is 0 Å². The lowest BCUT2D eigenvalue weighted by Gasteiger charge is -2.35. The summed E-state index contributed by atoms with van der Waals surface area (Å²) in [6.45, 7) is 0. The lowest BCUT2D eigenvalue weighted by atomic mass is 9.67. The van der Waals surface area contributed by atoms with Crippen LogP contribution in [0.1, 0.15) is 44.5 Å². The monoisotopic (exact) mass is 905 g/mol. The van der Waals surface area contributed by atoms with E-state index in [4.69, 9.17) is 0 Å². The third-order valence-corrected chi connectivity index (χ3v) is 17.0. The maximum atomic E-state index is 2.55. The molecule has 0 N–H and O–H groups in total. The highest BCUT2D eigenvalue weighted by Crippen LogP contribution is 2.66. The normalized spacial score (nSPS) is 15.3. The predicted octanol–water partition coefficient (Wildman–Crippen LogP) is 17.9. The van der Waals surface area contributed by atoms with E-state index >= 15 is 0 Å². The molecule has 15 rings (SSSR count). The van der Waals surface area contributed by atoms with Crippen LogP contribution in [0.3, 0.4) is 0 Å². The van der Waals surface area contributed by atoms with Gasteiger partial charge in [0.2, 0.25) is 0 Å². The molecule has 1 heterocycles. The van der Waals surface area contributed by atoms with Gasteiger partial charge >= 0.3 is 0 Å². The van der Waals surface area contributed by atoms with Gasteiger partial charge in [0.1, 0.15) is 0 Å². The first-order valence-electron chi connectivity index (χ1n) is 24.3. The van der Waals surface area contributed by atoms with Crippen LogP contribution in [-0.2, 0) is 10.8 Å². The van der Waals surface area contributed by atoms with E-state index in [1.54, 1.807) is 0 Å². The van der Waals surface area contributed by atoms with Gasteiger partial charge in [-0.3, -0.25) is 0 Å². The summed E-state index contributed by atoms with van der Waals surface area (Å²) in [5.74, 6) is 0. The zero-order valence-electron chi connectivity index (χ0n) is 38.2. The van der Waals surface area contributed by atoms with Crippen LogP contribution >= 0.6 is 11.3 Å². The summed E-state index contributed by atoms with van der Waals surface area (Å²) in [7, 11) is 0. The van der Waals surface area contributed by atoms with Crippen molar-refractivity contribution in [2.75, 3.05) is 4.90 Å². The van der Waals surface area contributed by atoms with E-state index in [9.17, 15) is 0 Å². The number of rotatable bonds is 6. The lowest BCUT2D eigenvalue weighted by Crippen LogP contribution is -2.28. The van der Waals surface area contributed by atoms with Crippen LogP contribution in [0.25, 0.3) is 64.7 Å². The Morgan fingerprint density at radius 3 is 1.51 bits per heavy atom. The Hall–Kier alpha value is -8.56. The van der Waals surface area contributed by atoms with Crippen molar-refractivity contribution in [2.24, 2.45) is 0 Å². The molecule has 0 radical (unpaired) electrons. The Balaban J connectivity index is 1.02. The highest BCUT2D eigenvalue weighted by Gasteiger charge is 2.53. The average molecular weight is 906 g/mol. The molecule has 1 atom stereocenters. The molecule has 1 spiro atoms. The van der Waals surface area contributed by atoms with E-state index in [1.165, 1.54) is 109 Å². The number of hydrogen-bond acceptors (Lipinski definition) is 2. The average Bonchev–Trinajstić information content (AvgIpc) is 4.15. The third kappa shape index (κ3) is 5.21. The highest BCUT2D eigenvalue weighted by atomic mass is 32.1. The minimum atomic E-state index is -0.544. The summed E-state index contributed by atoms with van der Waals surface area (Å²) >= 11 is 1.93. The van der Waals surface area contributed by atoms with Crippen LogP contribution in [0.15, 0.2) is 261 Å². The second-order valence-corrected chi connectivity index (χ2v) is 20.1. The summed E-state index contributed by atoms with van der Waals surface area (Å²) in [6.07, 6.45) is 0. The lowest BCUT2D eigenvalue weighted by molar-refractivity contribution is 0.768. The van der Waals surface area contributed by atoms with Gasteiger partial charge in [-0.25, -0.2) is 0 Å². The fourth-order valence-corrected chi connectivity index (χ4v) is 14.3. The van der Waals surface area contributed by atoms with Crippen LogP contribution < -0.4 is 4.90 Å². The van der Waals surface area contributed by atoms with Crippen LogP contribution in [-0.4, -0.2) is 0 Å². The van der Waals surface area contributed by atoms with Crippen LogP contribution in [0.4, 0.5) is 17.1 Å². The summed E-state index contributed by atoms with van der Waals surface area (Å²) in [5.41, 5.74) is 22.9. The smallest absolute Gasteiger partial charge is 0.0726 e. The van der Waals surface area contributed by atoms with Crippen molar-refractivity contribution < 1.29 is 0 Å². The van der Waals surface area contributed by atoms with Crippen molar-refractivity contribution in [3.05, 3.63) is 305 Å². The maximum absolute atomic E-state index is 2.55. The molecule has 2 heteroatoms. The number of hydrogen-bond donors (Lipinski definition) is 0. The van der Waals surface area contributed by atoms with Gasteiger partial charge in [-0.1, -0.05) is 224 Å². The van der Waals surface area contributed by atoms with E-state index in [1.807, 2.05) is 11.3 Å². The Morgan fingerprint density at radius 1 is 0.300 bits per heavy atom. The minimum Gasteiger partial charge on any atom is -0.310 e. The first-order valence-corrected chi connectivity index (χ1v) is 25.2. The molecule has 0 fully saturated rings. The Labute approximate surface area is 411 Å². The Kier molecular flexibility index (Phi) is 8.43. The first kappa shape index (κ1) is 39.4. The predicted molar refractivity (Wildman–Crippen MR) is 293 cm³/mol. The second-order valence-electron chi connectivity index (χ2n) is 19.0. The summed E-state index contributed by atoms with van der Waals surface area (Å²) < 4.78 is 2.69. The maximum Gasteiger partial charge on any atom is 0.0726 e. The van der Waals surface area contributed by atoms with Gasteiger partial charge in [-0.2, -0.15) is 0 Å². The van der Waals surface area contributed by atoms with E-state index in [0.717, 1.165) is 17.1 Å². The molecule has 1 aromatic heterocycles. The molecule has 0 bridgehead atoms. The standard InChI is InChI=1S/C68H43NS/c1-4-19-44(20-5-1)45-35-37-48(38-36-45)69(49-39-40-51-50-25-10-14-29-56(50)67(61(51)43-49,46-21-6-2-7-22-46)47-23-8-3-9-24-47)62-33-18-32-59-64(62)54-27-11-15-30-57(54)68(59)58-31-16-12-28-55(58)65-60(68)42-41-53-52-26-13-17-34-63(52)70-66(53)65/h1-43H. The van der Waals surface area contributed by atoms with Gasteiger partial charge in [-0.15, -0.1) is 11.3 Å². The SMILES string of the molecule is c1ccc(-c2ccc(N(c3ccc4c(c3)C(c3ccccc3)(c3ccccc3)c3ccccc3-4)c3cccc4c3-c3ccccc3C43c4ccccc4-c4c3ccc3c4sc4ccccc43)cc2)cc1. The van der Waals surface area contributed by atoms with Crippen molar-refractivity contribution >= 4 is 48.6 Å². The van der Waals surface area contributed by atoms with Gasteiger partial charge in [0.05, 0.1) is 16.5 Å². The zero-order chi connectivity index (χ0) is 46.0. The second kappa shape index (κ2) is 15.0. The largest absolute Gasteiger partial charge is 0.310 e. The van der Waals surface area contributed by atoms with Crippen molar-refractivity contribution in [1.82, 2.24) is 0 Å². The molecule has 1 unspecified atom stereocenters. The molecule has 0 saturated heterocycles. The van der Waals surface area contributed by atoms with Crippen molar-refractivity contribution in [1.29, 1.82) is 0 Å². The number of fused-ring (bicyclic) bond motifs is 17. The number of anilines is 3. The number of thiophene rings is 1. The molecule has 0 saturated carbocycles. The third-order valence-electron chi connectivity index (χ3n) is 15.8. The Bertz CT molecular complexity index is 4020. The Morgan fingerprint density at radius 2 is 0.814 bits per heavy atom. The summed E-state index contributed by atoms with van der Waals surface area (Å²) in [5, 5.41) is 2.66. The van der Waals surface area contributed by atoms with Gasteiger partial charge in [0.25, 0.3) is 0 Å². The van der Waals surface area contributed by atoms with Gasteiger partial charge in [-0.05, 0) is 114 Å². The van der Waals surface area contributed by atoms with Crippen LogP contribution in [0.2, 0.25) is 0 Å². The molecule has 12 aromatic rings. The molecule has 326 valence electrons. The van der Waals surface area contributed by atoms with Crippen molar-refractivity contribution in [3.8, 4) is 44.5 Å². The molecule has 1 nitrogen and oxygen atoms in total. The molecule has 70 heavy (non-hydrogen) atoms. The summed E-state index contributed by atoms with van der Waals surface area (Å²) in [6, 6.07) is 97.9. The van der Waals surface area contributed by atoms with Crippen molar-refractivity contribution in [3.63, 3.8) is 0 Å². The molecular formula is C68H43NS. The van der Waals surface area contributed by atoms with E-state index in [-0.39, 0.29) is 0 Å². The van der Waals surface area contributed by atoms with E-state index in [2.05, 4.69) is 266 Å². The molecular weight excluding hydrogens is 863 g/mol. The topological polar surface area (TPSA) is 3.24 Å². The van der Waals surface area contributed by atoms with Crippen LogP contribution in [0.5, 0.6) is 0 Å². The van der Waals surface area contributed by atoms with E-state index in [0.29, 0.717) is 0 Å². The van der Waals surface area contributed by atoms with Gasteiger partial charge in [0, 0.05) is 42.7 Å². The van der Waals surface area contributed by atoms with Gasteiger partial charge in [0.15, 0.2) is 0 Å². The van der Waals surface area contributed by atoms with E-state index < -0.39 is 10.8 Å². The number of benzene rings is 11. The quantitative estimate of drug-likeness (QED) is 0.161.